The van der Waals surface area contributed by atoms with E-state index in [1.807, 2.05) is 60.4 Å². The van der Waals surface area contributed by atoms with Crippen LogP contribution in [-0.2, 0) is 11.3 Å². The minimum atomic E-state index is 0. The van der Waals surface area contributed by atoms with Crippen molar-refractivity contribution >= 4 is 47.6 Å². The fraction of sp³-hybridized carbons (Fsp3) is 0.333. The van der Waals surface area contributed by atoms with Crippen LogP contribution in [0.25, 0.3) is 0 Å². The molecule has 0 unspecified atom stereocenters. The zero-order valence-corrected chi connectivity index (χ0v) is 19.6. The van der Waals surface area contributed by atoms with Crippen molar-refractivity contribution in [2.24, 2.45) is 4.99 Å². The van der Waals surface area contributed by atoms with Crippen LogP contribution in [0.5, 0.6) is 0 Å². The maximum absolute atomic E-state index is 12.5. The maximum Gasteiger partial charge on any atom is 0.242 e. The summed E-state index contributed by atoms with van der Waals surface area (Å²) in [6.07, 6.45) is 0. The number of carbonyl (C=O) groups is 1. The van der Waals surface area contributed by atoms with E-state index in [1.165, 1.54) is 4.90 Å². The molecule has 0 fully saturated rings. The number of thioether (sulfide) groups is 1. The Balaban J connectivity index is 0.00000392. The summed E-state index contributed by atoms with van der Waals surface area (Å²) in [5.41, 5.74) is 1.13. The van der Waals surface area contributed by atoms with E-state index >= 15 is 0 Å². The Bertz CT molecular complexity index is 713. The number of carbonyl (C=O) groups excluding carboxylic acids is 1. The van der Waals surface area contributed by atoms with Crippen molar-refractivity contribution in [2.45, 2.75) is 18.4 Å². The Morgan fingerprint density at radius 3 is 2.29 bits per heavy atom. The summed E-state index contributed by atoms with van der Waals surface area (Å²) in [5.74, 6) is 1.63. The first-order valence-corrected chi connectivity index (χ1v) is 10.2. The van der Waals surface area contributed by atoms with Gasteiger partial charge in [0.15, 0.2) is 5.96 Å². The van der Waals surface area contributed by atoms with Crippen molar-refractivity contribution in [3.05, 3.63) is 66.2 Å². The third-order valence-corrected chi connectivity index (χ3v) is 5.00. The first kappa shape index (κ1) is 24.3. The Kier molecular flexibility index (Phi) is 12.4. The highest BCUT2D eigenvalue weighted by Gasteiger charge is 2.12. The van der Waals surface area contributed by atoms with Crippen molar-refractivity contribution < 1.29 is 4.79 Å². The van der Waals surface area contributed by atoms with Crippen LogP contribution in [0.1, 0.15) is 12.5 Å². The maximum atomic E-state index is 12.5. The molecule has 0 aliphatic carbocycles. The summed E-state index contributed by atoms with van der Waals surface area (Å²) < 4.78 is 0. The smallest absolute Gasteiger partial charge is 0.242 e. The molecule has 7 heteroatoms. The molecule has 0 aliphatic rings. The van der Waals surface area contributed by atoms with Gasteiger partial charge in [-0.25, -0.2) is 0 Å². The summed E-state index contributed by atoms with van der Waals surface area (Å²) in [5, 5.41) is 6.36. The first-order valence-electron chi connectivity index (χ1n) is 9.17. The Labute approximate surface area is 189 Å². The topological polar surface area (TPSA) is 56.7 Å². The average molecular weight is 512 g/mol. The number of hydrogen-bond acceptors (Lipinski definition) is 3. The quantitative estimate of drug-likeness (QED) is 0.177. The summed E-state index contributed by atoms with van der Waals surface area (Å²) in [4.78, 5) is 19.8. The fourth-order valence-corrected chi connectivity index (χ4v) is 3.32. The molecule has 0 radical (unpaired) electrons. The van der Waals surface area contributed by atoms with E-state index in [0.29, 0.717) is 19.0 Å². The van der Waals surface area contributed by atoms with Crippen LogP contribution >= 0.6 is 35.7 Å². The SMILES string of the molecule is CCN(Cc1ccccc1)C(=O)CNC(=NC)NCCSc1ccccc1.I. The second-order valence-electron chi connectivity index (χ2n) is 5.91. The molecule has 2 aromatic rings. The number of halogens is 1. The van der Waals surface area contributed by atoms with E-state index in [0.717, 1.165) is 17.9 Å². The number of guanidine groups is 1. The molecule has 0 saturated carbocycles. The second kappa shape index (κ2) is 14.3. The molecule has 0 saturated heterocycles. The zero-order chi connectivity index (χ0) is 19.3. The number of hydrogen-bond donors (Lipinski definition) is 2. The molecule has 0 bridgehead atoms. The van der Waals surface area contributed by atoms with E-state index in [1.54, 1.807) is 18.8 Å². The highest BCUT2D eigenvalue weighted by Crippen LogP contribution is 2.15. The van der Waals surface area contributed by atoms with Crippen molar-refractivity contribution in [3.63, 3.8) is 0 Å². The van der Waals surface area contributed by atoms with Gasteiger partial charge >= 0.3 is 0 Å². The molecular formula is C21H29IN4OS. The summed E-state index contributed by atoms with van der Waals surface area (Å²) in [7, 11) is 1.71. The molecule has 5 nitrogen and oxygen atoms in total. The number of nitrogens with zero attached hydrogens (tertiary/aromatic N) is 2. The van der Waals surface area contributed by atoms with Crippen LogP contribution in [-0.4, -0.2) is 49.2 Å². The molecule has 0 spiro atoms. The van der Waals surface area contributed by atoms with Crippen molar-refractivity contribution in [2.75, 3.05) is 32.4 Å². The van der Waals surface area contributed by atoms with Gasteiger partial charge in [0, 0.05) is 37.3 Å². The third kappa shape index (κ3) is 8.97. The average Bonchev–Trinajstić information content (AvgIpc) is 2.72. The summed E-state index contributed by atoms with van der Waals surface area (Å²) in [6, 6.07) is 20.3. The van der Waals surface area contributed by atoms with E-state index < -0.39 is 0 Å². The lowest BCUT2D eigenvalue weighted by Crippen LogP contribution is -2.44. The number of rotatable bonds is 9. The van der Waals surface area contributed by atoms with Gasteiger partial charge in [-0.15, -0.1) is 35.7 Å². The molecular weight excluding hydrogens is 483 g/mol. The largest absolute Gasteiger partial charge is 0.356 e. The predicted octanol–water partition coefficient (Wildman–Crippen LogP) is 3.61. The zero-order valence-electron chi connectivity index (χ0n) is 16.4. The Hall–Kier alpha value is -1.74. The van der Waals surface area contributed by atoms with E-state index in [4.69, 9.17) is 0 Å². The number of benzene rings is 2. The van der Waals surface area contributed by atoms with Gasteiger partial charge in [-0.3, -0.25) is 9.79 Å². The fourth-order valence-electron chi connectivity index (χ4n) is 2.53. The van der Waals surface area contributed by atoms with Gasteiger partial charge in [-0.2, -0.15) is 0 Å². The number of aliphatic imine (C=N–C) groups is 1. The van der Waals surface area contributed by atoms with E-state index in [2.05, 4.69) is 27.8 Å². The van der Waals surface area contributed by atoms with Crippen LogP contribution < -0.4 is 10.6 Å². The molecule has 2 rings (SSSR count). The van der Waals surface area contributed by atoms with Gasteiger partial charge < -0.3 is 15.5 Å². The van der Waals surface area contributed by atoms with Crippen LogP contribution in [0.4, 0.5) is 0 Å². The van der Waals surface area contributed by atoms with Crippen LogP contribution in [0, 0.1) is 0 Å². The highest BCUT2D eigenvalue weighted by molar-refractivity contribution is 14.0. The van der Waals surface area contributed by atoms with Gasteiger partial charge in [0.1, 0.15) is 0 Å². The molecule has 2 aromatic carbocycles. The lowest BCUT2D eigenvalue weighted by Gasteiger charge is -2.22. The van der Waals surface area contributed by atoms with Gasteiger partial charge in [0.05, 0.1) is 6.54 Å². The molecule has 0 atom stereocenters. The Morgan fingerprint density at radius 2 is 1.68 bits per heavy atom. The van der Waals surface area contributed by atoms with E-state index in [9.17, 15) is 4.79 Å². The van der Waals surface area contributed by atoms with Crippen LogP contribution in [0.15, 0.2) is 70.6 Å². The van der Waals surface area contributed by atoms with Crippen LogP contribution in [0.3, 0.4) is 0 Å². The van der Waals surface area contributed by atoms with Crippen molar-refractivity contribution in [1.29, 1.82) is 0 Å². The summed E-state index contributed by atoms with van der Waals surface area (Å²) in [6.45, 7) is 4.29. The number of likely N-dealkylation sites (N-methyl/N-ethyl adjacent to an activating group) is 1. The van der Waals surface area contributed by atoms with Gasteiger partial charge in [0.25, 0.3) is 0 Å². The normalized spacial score (nSPS) is 10.7. The highest BCUT2D eigenvalue weighted by atomic mass is 127. The molecule has 0 aromatic heterocycles. The molecule has 28 heavy (non-hydrogen) atoms. The molecule has 2 N–H and O–H groups in total. The van der Waals surface area contributed by atoms with E-state index in [-0.39, 0.29) is 36.4 Å². The molecule has 152 valence electrons. The molecule has 1 amide bonds. The third-order valence-electron chi connectivity index (χ3n) is 3.99. The van der Waals surface area contributed by atoms with Crippen molar-refractivity contribution in [1.82, 2.24) is 15.5 Å². The second-order valence-corrected chi connectivity index (χ2v) is 7.08. The van der Waals surface area contributed by atoms with Crippen LogP contribution in [0.2, 0.25) is 0 Å². The monoisotopic (exact) mass is 512 g/mol. The predicted molar refractivity (Wildman–Crippen MR) is 129 cm³/mol. The van der Waals surface area contributed by atoms with Gasteiger partial charge in [0.2, 0.25) is 5.91 Å². The van der Waals surface area contributed by atoms with Gasteiger partial charge in [-0.1, -0.05) is 48.5 Å². The minimum Gasteiger partial charge on any atom is -0.356 e. The van der Waals surface area contributed by atoms with Gasteiger partial charge in [-0.05, 0) is 24.6 Å². The minimum absolute atomic E-state index is 0. The first-order chi connectivity index (χ1) is 13.2. The number of nitrogens with one attached hydrogen (secondary N) is 2. The lowest BCUT2D eigenvalue weighted by molar-refractivity contribution is -0.130. The molecule has 0 heterocycles. The lowest BCUT2D eigenvalue weighted by atomic mass is 10.2. The van der Waals surface area contributed by atoms with Crippen molar-refractivity contribution in [3.8, 4) is 0 Å². The molecule has 0 aliphatic heterocycles. The number of amides is 1. The standard InChI is InChI=1S/C21H28N4OS.HI/c1-3-25(17-18-10-6-4-7-11-18)20(26)16-24-21(22-2)23-14-15-27-19-12-8-5-9-13-19;/h4-13H,3,14-17H2,1-2H3,(H2,22,23,24);1H. The Morgan fingerprint density at radius 1 is 1.04 bits per heavy atom. The summed E-state index contributed by atoms with van der Waals surface area (Å²) >= 11 is 1.79.